The molecule has 0 unspecified atom stereocenters. The van der Waals surface area contributed by atoms with Crippen LogP contribution >= 0.6 is 0 Å². The average molecular weight is 448 g/mol. The van der Waals surface area contributed by atoms with Crippen molar-refractivity contribution in [3.05, 3.63) is 70.8 Å². The molecule has 176 valence electrons. The second-order valence-electron chi connectivity index (χ2n) is 8.31. The Labute approximate surface area is 194 Å². The summed E-state index contributed by atoms with van der Waals surface area (Å²) in [5.74, 6) is 0.0467. The minimum absolute atomic E-state index is 0.125. The normalized spacial score (nSPS) is 10.7. The minimum Gasteiger partial charge on any atom is -0.478 e. The number of carboxylic acid groups (broad SMARTS) is 1. The van der Waals surface area contributed by atoms with Crippen LogP contribution in [0.1, 0.15) is 91.6 Å². The van der Waals surface area contributed by atoms with Crippen LogP contribution in [0.25, 0.3) is 1.43 Å². The van der Waals surface area contributed by atoms with Crippen molar-refractivity contribution in [2.75, 3.05) is 7.11 Å². The lowest BCUT2D eigenvalue weighted by Crippen LogP contribution is -2.10. The molecule has 0 bridgehead atoms. The van der Waals surface area contributed by atoms with Gasteiger partial charge in [-0.25, -0.2) is 4.79 Å². The molecule has 2 rings (SSSR count). The van der Waals surface area contributed by atoms with E-state index in [-0.39, 0.29) is 17.8 Å². The van der Waals surface area contributed by atoms with Crippen LogP contribution in [0.5, 0.6) is 0 Å². The van der Waals surface area contributed by atoms with E-state index in [0.717, 1.165) is 5.56 Å². The zero-order valence-electron chi connectivity index (χ0n) is 22.1. The van der Waals surface area contributed by atoms with Gasteiger partial charge in [0.15, 0.2) is 1.41 Å². The summed E-state index contributed by atoms with van der Waals surface area (Å²) >= 11 is 0. The van der Waals surface area contributed by atoms with Crippen LogP contribution in [0.2, 0.25) is 1.41 Å². The Kier molecular flexibility index (Phi) is 11.6. The molecule has 6 heteroatoms. The van der Waals surface area contributed by atoms with E-state index in [1.54, 1.807) is 24.3 Å². The number of primary amides is 1. The van der Waals surface area contributed by atoms with E-state index >= 15 is 0 Å². The van der Waals surface area contributed by atoms with Gasteiger partial charge in [-0.3, -0.25) is 9.59 Å². The SMILES string of the molecule is COC(=O)CC(C)C.[3H]NC(=O)c1ccc(C(C)C)cc1.[3H]OC(=O)c1ccccc1C(C)C. The van der Waals surface area contributed by atoms with Crippen LogP contribution in [-0.2, 0) is 9.53 Å². The van der Waals surface area contributed by atoms with E-state index in [1.807, 2.05) is 57.7 Å². The lowest BCUT2D eigenvalue weighted by Gasteiger charge is -2.07. The average Bonchev–Trinajstić information content (AvgIpc) is 2.83. The van der Waals surface area contributed by atoms with Gasteiger partial charge in [0.2, 0.25) is 5.91 Å². The molecule has 0 aromatic heterocycles. The summed E-state index contributed by atoms with van der Waals surface area (Å²) < 4.78 is 17.6. The smallest absolute Gasteiger partial charge is 0.335 e. The van der Waals surface area contributed by atoms with Crippen molar-refractivity contribution in [2.45, 2.75) is 59.8 Å². The Morgan fingerprint density at radius 3 is 1.97 bits per heavy atom. The molecule has 6 nitrogen and oxygen atoms in total. The number of amides is 1. The molecule has 0 aliphatic carbocycles. The van der Waals surface area contributed by atoms with Gasteiger partial charge in [-0.2, -0.15) is 0 Å². The van der Waals surface area contributed by atoms with Gasteiger partial charge in [0, 0.05) is 12.0 Å². The molecule has 0 radical (unpaired) electrons. The van der Waals surface area contributed by atoms with Gasteiger partial charge >= 0.3 is 11.9 Å². The molecule has 0 fully saturated rings. The molecule has 2 aromatic rings. The molecule has 3 N–H and O–H groups in total. The van der Waals surface area contributed by atoms with Crippen LogP contribution in [-0.4, -0.2) is 30.1 Å². The summed E-state index contributed by atoms with van der Waals surface area (Å²) in [5, 5.41) is 3.94. The molecule has 32 heavy (non-hydrogen) atoms. The number of methoxy groups -OCH3 is 1. The quantitative estimate of drug-likeness (QED) is 0.559. The summed E-state index contributed by atoms with van der Waals surface area (Å²) in [5.41, 5.74) is 4.96. The summed E-state index contributed by atoms with van der Waals surface area (Å²) in [6, 6.07) is 14.5. The maximum atomic E-state index is 11.1. The van der Waals surface area contributed by atoms with Crippen molar-refractivity contribution < 1.29 is 25.6 Å². The Bertz CT molecular complexity index is 896. The molecule has 2 aromatic carbocycles. The van der Waals surface area contributed by atoms with Crippen LogP contribution < -0.4 is 5.73 Å². The summed E-state index contributed by atoms with van der Waals surface area (Å²) in [6.45, 7) is 12.2. The van der Waals surface area contributed by atoms with Crippen molar-refractivity contribution >= 4 is 17.8 Å². The van der Waals surface area contributed by atoms with Gasteiger partial charge in [0.05, 0.1) is 12.7 Å². The summed E-state index contributed by atoms with van der Waals surface area (Å²) in [4.78, 5) is 32.5. The van der Waals surface area contributed by atoms with Crippen LogP contribution in [0.15, 0.2) is 48.5 Å². The fraction of sp³-hybridized carbons (Fsp3) is 0.423. The predicted octanol–water partition coefficient (Wildman–Crippen LogP) is 5.62. The topological polar surface area (TPSA) is 107 Å². The van der Waals surface area contributed by atoms with Gasteiger partial charge in [0.1, 0.15) is 0 Å². The highest BCUT2D eigenvalue weighted by Gasteiger charge is 2.10. The molecular weight excluding hydrogens is 406 g/mol. The second kappa shape index (κ2) is 14.8. The zero-order chi connectivity index (χ0) is 26.3. The van der Waals surface area contributed by atoms with Crippen LogP contribution in [0, 0.1) is 5.92 Å². The van der Waals surface area contributed by atoms with Crippen molar-refractivity contribution in [3.8, 4) is 0 Å². The lowest BCUT2D eigenvalue weighted by atomic mass is 9.97. The maximum Gasteiger partial charge on any atom is 0.335 e. The number of carbonyl (C=O) groups is 3. The number of esters is 1. The minimum atomic E-state index is -0.593. The number of nitrogens with two attached hydrogens (primary N) is 1. The first-order valence-corrected chi connectivity index (χ1v) is 10.6. The Balaban J connectivity index is 0.000000497. The highest BCUT2D eigenvalue weighted by atomic mass is 16.5. The Hall–Kier alpha value is -3.15. The van der Waals surface area contributed by atoms with Crippen molar-refractivity contribution in [1.29, 1.82) is 1.43 Å². The van der Waals surface area contributed by atoms with Gasteiger partial charge in [-0.1, -0.05) is 71.9 Å². The summed E-state index contributed by atoms with van der Waals surface area (Å²) in [6.07, 6.45) is 0.524. The fourth-order valence-electron chi connectivity index (χ4n) is 2.62. The van der Waals surface area contributed by atoms with Crippen molar-refractivity contribution in [1.82, 2.24) is 0 Å². The molecular formula is C26H37NO5. The number of carbonyl (C=O) groups excluding carboxylic acids is 2. The van der Waals surface area contributed by atoms with Gasteiger partial charge in [-0.05, 0) is 47.1 Å². The maximum absolute atomic E-state index is 11.1. The van der Waals surface area contributed by atoms with E-state index in [2.05, 4.69) is 23.7 Å². The molecule has 0 aliphatic rings. The number of benzene rings is 2. The fourth-order valence-corrected chi connectivity index (χ4v) is 2.62. The number of rotatable bonds is 6. The Morgan fingerprint density at radius 1 is 0.969 bits per heavy atom. The van der Waals surface area contributed by atoms with E-state index in [9.17, 15) is 14.4 Å². The zero-order valence-corrected chi connectivity index (χ0v) is 20.1. The largest absolute Gasteiger partial charge is 0.478 e. The highest BCUT2D eigenvalue weighted by Crippen LogP contribution is 2.18. The third-order valence-corrected chi connectivity index (χ3v) is 4.44. The number of hydrogen-bond donors (Lipinski definition) is 2. The van der Waals surface area contributed by atoms with E-state index in [1.165, 1.54) is 12.7 Å². The third kappa shape index (κ3) is 11.3. The first-order chi connectivity index (χ1) is 16.0. The number of ether oxygens (including phenoxy) is 1. The van der Waals surface area contributed by atoms with Gasteiger partial charge in [-0.15, -0.1) is 0 Å². The van der Waals surface area contributed by atoms with Gasteiger partial charge < -0.3 is 15.6 Å². The second-order valence-corrected chi connectivity index (χ2v) is 8.31. The van der Waals surface area contributed by atoms with Crippen LogP contribution in [0.4, 0.5) is 0 Å². The Morgan fingerprint density at radius 2 is 1.56 bits per heavy atom. The molecule has 0 saturated carbocycles. The molecule has 0 saturated heterocycles. The number of hydrogen-bond acceptors (Lipinski definition) is 5. The third-order valence-electron chi connectivity index (χ3n) is 4.44. The number of carboxylic acids is 1. The van der Waals surface area contributed by atoms with Gasteiger partial charge in [0.25, 0.3) is 1.43 Å². The van der Waals surface area contributed by atoms with Crippen LogP contribution in [0.3, 0.4) is 0 Å². The van der Waals surface area contributed by atoms with E-state index < -0.39 is 5.97 Å². The molecule has 0 atom stereocenters. The first kappa shape index (κ1) is 25.1. The van der Waals surface area contributed by atoms with Crippen molar-refractivity contribution in [2.24, 2.45) is 11.6 Å². The molecule has 1 amide bonds. The van der Waals surface area contributed by atoms with E-state index in [0.29, 0.717) is 29.4 Å². The number of aromatic carboxylic acids is 1. The standard InChI is InChI=1S/C10H13NO.C10H12O2.C6H12O2/c1-7(2)8-3-5-9(6-4-8)10(11)12;1-7(2)8-5-3-4-6-9(8)10(11)12;1-5(2)4-6(7)8-3/h3-7H,1-2H3,(H2,11,12);3-7H,1-2H3,(H,11,12);5H,4H2,1-3H3/i/hT2. The molecule has 0 heterocycles. The molecule has 0 spiro atoms. The lowest BCUT2D eigenvalue weighted by molar-refractivity contribution is -0.141. The predicted molar refractivity (Wildman–Crippen MR) is 128 cm³/mol. The summed E-state index contributed by atoms with van der Waals surface area (Å²) in [7, 11) is 1.41. The highest BCUT2D eigenvalue weighted by molar-refractivity contribution is 5.92. The van der Waals surface area contributed by atoms with E-state index in [4.69, 9.17) is 2.84 Å². The molecule has 0 aliphatic heterocycles. The first-order valence-electron chi connectivity index (χ1n) is 11.5. The monoisotopic (exact) mass is 447 g/mol. The van der Waals surface area contributed by atoms with Crippen molar-refractivity contribution in [3.63, 3.8) is 0 Å².